The molecule has 1 saturated heterocycles. The van der Waals surface area contributed by atoms with Crippen molar-refractivity contribution in [2.45, 2.75) is 38.6 Å². The molecule has 0 spiro atoms. The van der Waals surface area contributed by atoms with Crippen LogP contribution in [-0.4, -0.2) is 19.0 Å². The van der Waals surface area contributed by atoms with Crippen molar-refractivity contribution in [1.82, 2.24) is 10.6 Å². The predicted octanol–water partition coefficient (Wildman–Crippen LogP) is 3.34. The first-order valence-corrected chi connectivity index (χ1v) is 7.99. The largest absolute Gasteiger partial charge is 0.349 e. The summed E-state index contributed by atoms with van der Waals surface area (Å²) in [6.07, 6.45) is 4.18. The fraction of sp³-hybridized carbons (Fsp3) is 0.588. The molecule has 3 atom stereocenters. The van der Waals surface area contributed by atoms with Crippen LogP contribution in [0.1, 0.15) is 44.2 Å². The molecule has 2 fully saturated rings. The molecule has 3 nitrogen and oxygen atoms in total. The first kappa shape index (κ1) is 18.1. The molecular formula is C17H23ClF2N2O. The molecule has 3 rings (SSSR count). The average Bonchev–Trinajstić information content (AvgIpc) is 2.92. The van der Waals surface area contributed by atoms with Gasteiger partial charge in [0.1, 0.15) is 11.6 Å². The van der Waals surface area contributed by atoms with Crippen molar-refractivity contribution in [3.63, 3.8) is 0 Å². The Morgan fingerprint density at radius 2 is 2.17 bits per heavy atom. The maximum atomic E-state index is 13.9. The summed E-state index contributed by atoms with van der Waals surface area (Å²) in [7, 11) is 0. The molecule has 2 N–H and O–H groups in total. The molecule has 0 bridgehead atoms. The third kappa shape index (κ3) is 3.36. The highest BCUT2D eigenvalue weighted by atomic mass is 35.5. The van der Waals surface area contributed by atoms with Crippen LogP contribution in [0, 0.1) is 23.0 Å². The zero-order valence-electron chi connectivity index (χ0n) is 13.2. The minimum absolute atomic E-state index is 0. The average molecular weight is 345 g/mol. The number of rotatable bonds is 3. The van der Waals surface area contributed by atoms with Gasteiger partial charge in [-0.3, -0.25) is 4.79 Å². The number of carbonyl (C=O) groups excluding carboxylic acids is 1. The summed E-state index contributed by atoms with van der Waals surface area (Å²) >= 11 is 0. The smallest absolute Gasteiger partial charge is 0.228 e. The topological polar surface area (TPSA) is 41.1 Å². The van der Waals surface area contributed by atoms with Crippen LogP contribution < -0.4 is 10.6 Å². The monoisotopic (exact) mass is 344 g/mol. The summed E-state index contributed by atoms with van der Waals surface area (Å²) in [4.78, 5) is 12.8. The molecule has 6 heteroatoms. The first-order valence-electron chi connectivity index (χ1n) is 7.99. The van der Waals surface area contributed by atoms with E-state index in [0.29, 0.717) is 18.0 Å². The molecule has 0 radical (unpaired) electrons. The Kier molecular flexibility index (Phi) is 5.63. The molecule has 1 aromatic carbocycles. The Bertz CT molecular complexity index is 584. The second kappa shape index (κ2) is 7.14. The van der Waals surface area contributed by atoms with Gasteiger partial charge < -0.3 is 10.6 Å². The van der Waals surface area contributed by atoms with Crippen molar-refractivity contribution >= 4 is 18.3 Å². The van der Waals surface area contributed by atoms with E-state index in [4.69, 9.17) is 0 Å². The van der Waals surface area contributed by atoms with Crippen LogP contribution in [0.4, 0.5) is 8.78 Å². The lowest BCUT2D eigenvalue weighted by molar-refractivity contribution is -0.134. The standard InChI is InChI=1S/C17H22F2N2O.ClH/c1-11(14-6-5-13(18)8-15(14)19)21-16(22)17-7-3-2-4-12(17)9-20-10-17;/h5-6,8,11-12,20H,2-4,7,9-10H2,1H3,(H,21,22);1H/t11-,12+,17-;/m1./s1. The molecule has 2 aliphatic rings. The van der Waals surface area contributed by atoms with E-state index in [1.807, 2.05) is 0 Å². The molecule has 1 heterocycles. The zero-order valence-corrected chi connectivity index (χ0v) is 14.0. The molecule has 0 unspecified atom stereocenters. The lowest BCUT2D eigenvalue weighted by Gasteiger charge is -2.38. The van der Waals surface area contributed by atoms with Crippen molar-refractivity contribution in [1.29, 1.82) is 0 Å². The van der Waals surface area contributed by atoms with E-state index in [1.54, 1.807) is 6.92 Å². The van der Waals surface area contributed by atoms with Gasteiger partial charge in [0.25, 0.3) is 0 Å². The minimum Gasteiger partial charge on any atom is -0.349 e. The summed E-state index contributed by atoms with van der Waals surface area (Å²) in [6.45, 7) is 3.32. The van der Waals surface area contributed by atoms with Gasteiger partial charge in [0.15, 0.2) is 0 Å². The number of benzene rings is 1. The molecule has 23 heavy (non-hydrogen) atoms. The molecule has 1 aromatic rings. The molecule has 1 amide bonds. The number of fused-ring (bicyclic) bond motifs is 1. The molecule has 0 aromatic heterocycles. The number of halogens is 3. The van der Waals surface area contributed by atoms with E-state index in [-0.39, 0.29) is 23.7 Å². The summed E-state index contributed by atoms with van der Waals surface area (Å²) in [5, 5.41) is 6.28. The van der Waals surface area contributed by atoms with E-state index in [0.717, 1.165) is 31.9 Å². The quantitative estimate of drug-likeness (QED) is 0.883. The third-order valence-electron chi connectivity index (χ3n) is 5.27. The Hall–Kier alpha value is -1.20. The molecule has 1 saturated carbocycles. The van der Waals surface area contributed by atoms with Gasteiger partial charge in [-0.05, 0) is 38.3 Å². The van der Waals surface area contributed by atoms with Gasteiger partial charge in [0.2, 0.25) is 5.91 Å². The van der Waals surface area contributed by atoms with Crippen molar-refractivity contribution in [2.24, 2.45) is 11.3 Å². The number of hydrogen-bond donors (Lipinski definition) is 2. The maximum absolute atomic E-state index is 13.9. The molecule has 128 valence electrons. The minimum atomic E-state index is -0.616. The summed E-state index contributed by atoms with van der Waals surface area (Å²) in [5.74, 6) is -0.856. The van der Waals surface area contributed by atoms with Crippen LogP contribution in [-0.2, 0) is 4.79 Å². The van der Waals surface area contributed by atoms with Crippen molar-refractivity contribution < 1.29 is 13.6 Å². The predicted molar refractivity (Wildman–Crippen MR) is 87.4 cm³/mol. The van der Waals surface area contributed by atoms with Crippen LogP contribution in [0.25, 0.3) is 0 Å². The fourth-order valence-electron chi connectivity index (χ4n) is 3.96. The van der Waals surface area contributed by atoms with Crippen molar-refractivity contribution in [2.75, 3.05) is 13.1 Å². The van der Waals surface area contributed by atoms with Gasteiger partial charge in [0, 0.05) is 18.2 Å². The van der Waals surface area contributed by atoms with E-state index < -0.39 is 17.7 Å². The number of amides is 1. The normalized spacial score (nSPS) is 27.7. The number of nitrogens with one attached hydrogen (secondary N) is 2. The maximum Gasteiger partial charge on any atom is 0.228 e. The fourth-order valence-corrected chi connectivity index (χ4v) is 3.96. The van der Waals surface area contributed by atoms with Crippen molar-refractivity contribution in [3.8, 4) is 0 Å². The lowest BCUT2D eigenvalue weighted by Crippen LogP contribution is -2.48. The van der Waals surface area contributed by atoms with Gasteiger partial charge in [-0.25, -0.2) is 8.78 Å². The third-order valence-corrected chi connectivity index (χ3v) is 5.27. The van der Waals surface area contributed by atoms with Crippen LogP contribution in [0.15, 0.2) is 18.2 Å². The second-order valence-corrected chi connectivity index (χ2v) is 6.59. The van der Waals surface area contributed by atoms with Gasteiger partial charge in [-0.15, -0.1) is 12.4 Å². The first-order chi connectivity index (χ1) is 10.5. The summed E-state index contributed by atoms with van der Waals surface area (Å²) in [5.41, 5.74) is -0.0345. The van der Waals surface area contributed by atoms with E-state index in [9.17, 15) is 13.6 Å². The molecule has 1 aliphatic heterocycles. The Balaban J connectivity index is 0.00000192. The Morgan fingerprint density at radius 3 is 2.91 bits per heavy atom. The highest BCUT2D eigenvalue weighted by Crippen LogP contribution is 2.44. The van der Waals surface area contributed by atoms with Gasteiger partial charge >= 0.3 is 0 Å². The van der Waals surface area contributed by atoms with Crippen LogP contribution in [0.2, 0.25) is 0 Å². The zero-order chi connectivity index (χ0) is 15.7. The molecular weight excluding hydrogens is 322 g/mol. The Morgan fingerprint density at radius 1 is 1.39 bits per heavy atom. The van der Waals surface area contributed by atoms with Gasteiger partial charge in [-0.1, -0.05) is 18.9 Å². The van der Waals surface area contributed by atoms with Crippen LogP contribution >= 0.6 is 12.4 Å². The summed E-state index contributed by atoms with van der Waals surface area (Å²) < 4.78 is 26.9. The lowest BCUT2D eigenvalue weighted by atomic mass is 9.67. The van der Waals surface area contributed by atoms with Crippen LogP contribution in [0.3, 0.4) is 0 Å². The number of carbonyl (C=O) groups is 1. The highest BCUT2D eigenvalue weighted by Gasteiger charge is 2.50. The van der Waals surface area contributed by atoms with Crippen LogP contribution in [0.5, 0.6) is 0 Å². The molecule has 1 aliphatic carbocycles. The van der Waals surface area contributed by atoms with E-state index >= 15 is 0 Å². The summed E-state index contributed by atoms with van der Waals surface area (Å²) in [6, 6.07) is 3.01. The van der Waals surface area contributed by atoms with E-state index in [2.05, 4.69) is 10.6 Å². The number of hydrogen-bond acceptors (Lipinski definition) is 2. The van der Waals surface area contributed by atoms with Gasteiger partial charge in [0.05, 0.1) is 11.5 Å². The van der Waals surface area contributed by atoms with Gasteiger partial charge in [-0.2, -0.15) is 0 Å². The SMILES string of the molecule is C[C@@H](NC(=O)[C@@]12CCCC[C@H]1CNC2)c1ccc(F)cc1F.Cl. The van der Waals surface area contributed by atoms with Crippen molar-refractivity contribution in [3.05, 3.63) is 35.4 Å². The second-order valence-electron chi connectivity index (χ2n) is 6.59. The highest BCUT2D eigenvalue weighted by molar-refractivity contribution is 5.85. The Labute approximate surface area is 141 Å². The van der Waals surface area contributed by atoms with E-state index in [1.165, 1.54) is 18.6 Å².